The topological polar surface area (TPSA) is 85.4 Å². The Morgan fingerprint density at radius 3 is 2.69 bits per heavy atom. The highest BCUT2D eigenvalue weighted by Crippen LogP contribution is 2.46. The van der Waals surface area contributed by atoms with Crippen molar-refractivity contribution in [3.63, 3.8) is 0 Å². The quantitative estimate of drug-likeness (QED) is 0.192. The van der Waals surface area contributed by atoms with Gasteiger partial charge in [0.25, 0.3) is 0 Å². The lowest BCUT2D eigenvalue weighted by molar-refractivity contribution is -0.304. The van der Waals surface area contributed by atoms with Crippen LogP contribution in [0.4, 0.5) is 0 Å². The first kappa shape index (κ1) is 19.3. The Hall–Kier alpha value is -1.50. The number of ketones is 1. The molecule has 0 aromatic rings. The van der Waals surface area contributed by atoms with Gasteiger partial charge in [-0.1, -0.05) is 18.7 Å². The number of rotatable bonds is 1. The molecule has 0 spiro atoms. The van der Waals surface area contributed by atoms with Crippen molar-refractivity contribution in [2.24, 2.45) is 5.92 Å². The Morgan fingerprint density at radius 1 is 1.27 bits per heavy atom. The lowest BCUT2D eigenvalue weighted by Crippen LogP contribution is -2.40. The fourth-order valence-electron chi connectivity index (χ4n) is 3.92. The largest absolute Gasteiger partial charge is 0.448 e. The van der Waals surface area contributed by atoms with Crippen LogP contribution >= 0.6 is 0 Å². The highest BCUT2D eigenvalue weighted by Gasteiger charge is 2.53. The molecule has 6 heteroatoms. The minimum atomic E-state index is -1.17. The molecule has 0 saturated carbocycles. The first-order chi connectivity index (χ1) is 12.1. The maximum absolute atomic E-state index is 12.8. The molecular formula is C20H28O6. The third-order valence-electron chi connectivity index (χ3n) is 6.22. The second-order valence-corrected chi connectivity index (χ2v) is 8.47. The van der Waals surface area contributed by atoms with Gasteiger partial charge < -0.3 is 9.47 Å². The number of Topliss-reactive ketones (excluding diaryl/α,β-unsaturated/α-hetero) is 1. The monoisotopic (exact) mass is 364 g/mol. The molecule has 0 unspecified atom stereocenters. The number of carbonyl (C=O) groups is 2. The molecule has 1 N–H and O–H groups in total. The van der Waals surface area contributed by atoms with Crippen LogP contribution in [-0.4, -0.2) is 39.9 Å². The van der Waals surface area contributed by atoms with Crippen molar-refractivity contribution in [1.82, 2.24) is 0 Å². The van der Waals surface area contributed by atoms with Gasteiger partial charge in [0, 0.05) is 12.0 Å². The summed E-state index contributed by atoms with van der Waals surface area (Å²) < 4.78 is 11.4. The van der Waals surface area contributed by atoms with E-state index in [1.807, 2.05) is 13.0 Å². The first-order valence-corrected chi connectivity index (χ1v) is 9.24. The second-order valence-electron chi connectivity index (χ2n) is 8.47. The summed E-state index contributed by atoms with van der Waals surface area (Å²) in [5, 5.41) is 9.31. The zero-order chi connectivity index (χ0) is 19.2. The summed E-state index contributed by atoms with van der Waals surface area (Å²) in [6.07, 6.45) is 6.64. The number of esters is 1. The van der Waals surface area contributed by atoms with Crippen LogP contribution in [0.25, 0.3) is 0 Å². The van der Waals surface area contributed by atoms with Gasteiger partial charge in [-0.15, -0.1) is 0 Å². The first-order valence-electron chi connectivity index (χ1n) is 9.24. The third-order valence-corrected chi connectivity index (χ3v) is 6.22. The normalized spacial score (nSPS) is 44.1. The van der Waals surface area contributed by atoms with E-state index in [1.54, 1.807) is 19.9 Å². The highest BCUT2D eigenvalue weighted by atomic mass is 17.1. The van der Waals surface area contributed by atoms with Crippen molar-refractivity contribution in [1.29, 1.82) is 0 Å². The van der Waals surface area contributed by atoms with Gasteiger partial charge in [0.1, 0.15) is 5.60 Å². The van der Waals surface area contributed by atoms with Crippen molar-refractivity contribution >= 4 is 11.8 Å². The summed E-state index contributed by atoms with van der Waals surface area (Å²) in [7, 11) is 0. The van der Waals surface area contributed by atoms with E-state index in [0.717, 1.165) is 0 Å². The van der Waals surface area contributed by atoms with Gasteiger partial charge in [0.15, 0.2) is 11.4 Å². The molecule has 2 bridgehead atoms. The summed E-state index contributed by atoms with van der Waals surface area (Å²) in [4.78, 5) is 29.9. The maximum Gasteiger partial charge on any atom is 0.334 e. The summed E-state index contributed by atoms with van der Waals surface area (Å²) in [6.45, 7) is 9.34. The molecule has 6 nitrogen and oxygen atoms in total. The van der Waals surface area contributed by atoms with Crippen LogP contribution in [0, 0.1) is 5.92 Å². The van der Waals surface area contributed by atoms with Crippen molar-refractivity contribution < 1.29 is 29.2 Å². The molecule has 1 aliphatic carbocycles. The Morgan fingerprint density at radius 2 is 2.00 bits per heavy atom. The standard InChI is InChI=1S/C20H28O6/c1-13-14-6-11-19(3,25-17(13)22)15(21)7-10-18(2,26-23)8-5-9-20(4)16(12-14)24-20/h5,8,14,16,23H,1,6-7,9-12H2,2-4H3/t14-,16+,18-,19-,20+/m1/s1. The number of hydrogen-bond donors (Lipinski definition) is 1. The molecule has 2 fully saturated rings. The predicted octanol–water partition coefficient (Wildman–Crippen LogP) is 3.36. The molecule has 0 amide bonds. The fourth-order valence-corrected chi connectivity index (χ4v) is 3.92. The third kappa shape index (κ3) is 3.63. The molecule has 2 aliphatic heterocycles. The summed E-state index contributed by atoms with van der Waals surface area (Å²) in [5.41, 5.74) is -2.01. The zero-order valence-corrected chi connectivity index (χ0v) is 15.7. The number of hydrogen-bond acceptors (Lipinski definition) is 6. The molecule has 0 aromatic heterocycles. The second kappa shape index (κ2) is 6.59. The molecule has 144 valence electrons. The van der Waals surface area contributed by atoms with Crippen molar-refractivity contribution in [3.05, 3.63) is 24.3 Å². The van der Waals surface area contributed by atoms with Crippen molar-refractivity contribution in [2.45, 2.75) is 82.2 Å². The number of fused-ring (bicyclic) bond motifs is 4. The van der Waals surface area contributed by atoms with E-state index in [9.17, 15) is 14.8 Å². The molecule has 3 aliphatic rings. The Labute approximate surface area is 154 Å². The van der Waals surface area contributed by atoms with Crippen LogP contribution in [0.1, 0.15) is 59.3 Å². The van der Waals surface area contributed by atoms with E-state index in [2.05, 4.69) is 11.5 Å². The zero-order valence-electron chi connectivity index (χ0n) is 15.7. The van der Waals surface area contributed by atoms with Crippen LogP contribution in [0.2, 0.25) is 0 Å². The lowest BCUT2D eigenvalue weighted by Gasteiger charge is -2.28. The molecule has 26 heavy (non-hydrogen) atoms. The number of epoxide rings is 1. The Kier molecular flexibility index (Phi) is 4.88. The molecular weight excluding hydrogens is 336 g/mol. The van der Waals surface area contributed by atoms with Gasteiger partial charge in [0.2, 0.25) is 0 Å². The van der Waals surface area contributed by atoms with E-state index in [4.69, 9.17) is 9.47 Å². The van der Waals surface area contributed by atoms with Crippen molar-refractivity contribution in [3.8, 4) is 0 Å². The number of ether oxygens (including phenoxy) is 2. The molecule has 5 atom stereocenters. The van der Waals surface area contributed by atoms with Crippen LogP contribution in [-0.2, 0) is 24.0 Å². The fraction of sp³-hybridized carbons (Fsp3) is 0.700. The van der Waals surface area contributed by atoms with E-state index >= 15 is 0 Å². The number of carbonyl (C=O) groups excluding carboxylic acids is 2. The Balaban J connectivity index is 1.90. The molecule has 0 radical (unpaired) electrons. The average molecular weight is 364 g/mol. The minimum absolute atomic E-state index is 0.0333. The molecule has 0 aromatic carbocycles. The van der Waals surface area contributed by atoms with E-state index in [0.29, 0.717) is 31.3 Å². The summed E-state index contributed by atoms with van der Waals surface area (Å²) in [6, 6.07) is 0. The van der Waals surface area contributed by atoms with Gasteiger partial charge in [-0.3, -0.25) is 10.1 Å². The van der Waals surface area contributed by atoms with E-state index in [-0.39, 0.29) is 36.2 Å². The smallest absolute Gasteiger partial charge is 0.334 e. The van der Waals surface area contributed by atoms with Crippen LogP contribution in [0.15, 0.2) is 24.3 Å². The van der Waals surface area contributed by atoms with Gasteiger partial charge in [-0.25, -0.2) is 9.68 Å². The highest BCUT2D eigenvalue weighted by molar-refractivity contribution is 5.94. The summed E-state index contributed by atoms with van der Waals surface area (Å²) >= 11 is 0. The van der Waals surface area contributed by atoms with Gasteiger partial charge in [0.05, 0.1) is 11.7 Å². The van der Waals surface area contributed by atoms with Crippen LogP contribution in [0.3, 0.4) is 0 Å². The van der Waals surface area contributed by atoms with Gasteiger partial charge in [-0.05, 0) is 58.8 Å². The lowest BCUT2D eigenvalue weighted by atomic mass is 9.82. The predicted molar refractivity (Wildman–Crippen MR) is 94.4 cm³/mol. The molecule has 2 saturated heterocycles. The van der Waals surface area contributed by atoms with E-state index in [1.165, 1.54) is 0 Å². The minimum Gasteiger partial charge on any atom is -0.448 e. The van der Waals surface area contributed by atoms with Crippen LogP contribution in [0.5, 0.6) is 0 Å². The van der Waals surface area contributed by atoms with E-state index < -0.39 is 17.2 Å². The van der Waals surface area contributed by atoms with Gasteiger partial charge in [-0.2, -0.15) is 0 Å². The van der Waals surface area contributed by atoms with Crippen LogP contribution < -0.4 is 0 Å². The molecule has 2 heterocycles. The van der Waals surface area contributed by atoms with Crippen molar-refractivity contribution in [2.75, 3.05) is 0 Å². The SMILES string of the molecule is C=C1C(=O)O[C@]2(C)CC[C@@H]1C[C@@H]1O[C@@]1(C)CC=C[C@@](C)(OO)CCC2=O. The average Bonchev–Trinajstić information content (AvgIpc) is 3.25. The van der Waals surface area contributed by atoms with Gasteiger partial charge >= 0.3 is 5.97 Å². The maximum atomic E-state index is 12.8. The Bertz CT molecular complexity index is 655. The molecule has 3 rings (SSSR count). The summed E-state index contributed by atoms with van der Waals surface area (Å²) in [5.74, 6) is -0.706.